The zero-order valence-electron chi connectivity index (χ0n) is 9.39. The molecule has 1 heterocycles. The number of aliphatic carboxylic acids is 2. The minimum atomic E-state index is -1.22. The van der Waals surface area contributed by atoms with Crippen LogP contribution in [0.25, 0.3) is 0 Å². The average molecular weight is 254 g/mol. The fourth-order valence-electron chi connectivity index (χ4n) is 1.39. The first-order valence-electron chi connectivity index (χ1n) is 5.05. The Kier molecular flexibility index (Phi) is 8.89. The second-order valence-electron chi connectivity index (χ2n) is 3.58. The van der Waals surface area contributed by atoms with Crippen LogP contribution in [-0.4, -0.2) is 34.4 Å². The first-order chi connectivity index (χ1) is 7.13. The van der Waals surface area contributed by atoms with Crippen molar-refractivity contribution in [2.45, 2.75) is 44.3 Å². The molecule has 2 aliphatic rings. The van der Waals surface area contributed by atoms with E-state index in [0.29, 0.717) is 0 Å². The molecule has 2 atom stereocenters. The molecular weight excluding hydrogens is 239 g/mol. The Morgan fingerprint density at radius 2 is 1.44 bits per heavy atom. The molecule has 1 saturated heterocycles. The van der Waals surface area contributed by atoms with Crippen LogP contribution < -0.4 is 51.4 Å². The van der Waals surface area contributed by atoms with Gasteiger partial charge in [0.05, 0.1) is 0 Å². The van der Waals surface area contributed by atoms with Gasteiger partial charge >= 0.3 is 63.3 Å². The Hall–Kier alpha value is 0.536. The maximum Gasteiger partial charge on any atom is 1.00 e. The van der Waals surface area contributed by atoms with Crippen LogP contribution in [0.15, 0.2) is 0 Å². The molecule has 2 N–H and O–H groups in total. The average Bonchev–Trinajstić information content (AvgIpc) is 3.00. The first-order valence-corrected chi connectivity index (χ1v) is 5.05. The van der Waals surface area contributed by atoms with Gasteiger partial charge in [0.2, 0.25) is 0 Å². The van der Waals surface area contributed by atoms with E-state index < -0.39 is 24.1 Å². The van der Waals surface area contributed by atoms with Crippen LogP contribution in [0.1, 0.15) is 32.1 Å². The van der Waals surface area contributed by atoms with Gasteiger partial charge in [-0.15, -0.1) is 0 Å². The maximum atomic E-state index is 9.89. The van der Waals surface area contributed by atoms with Crippen LogP contribution in [0.5, 0.6) is 0 Å². The summed E-state index contributed by atoms with van der Waals surface area (Å²) in [7, 11) is 0. The minimum absolute atomic E-state index is 0. The van der Waals surface area contributed by atoms with Gasteiger partial charge in [-0.05, 0) is 0 Å². The second kappa shape index (κ2) is 8.60. The van der Waals surface area contributed by atoms with Crippen molar-refractivity contribution in [2.75, 3.05) is 0 Å². The Morgan fingerprint density at radius 3 is 1.56 bits per heavy atom. The van der Waals surface area contributed by atoms with E-state index in [2.05, 4.69) is 11.2 Å². The van der Waals surface area contributed by atoms with Crippen LogP contribution in [0, 0.1) is 6.42 Å². The molecule has 0 spiro atoms. The maximum absolute atomic E-state index is 9.89. The van der Waals surface area contributed by atoms with E-state index in [0.717, 1.165) is 0 Å². The second-order valence-corrected chi connectivity index (χ2v) is 3.58. The van der Waals surface area contributed by atoms with Gasteiger partial charge < -0.3 is 21.4 Å². The standard InChI is InChI=1S/C6H11.C4H4O5.K/c1-2-4-6-5-3-1;5-3(6)1-2(9-1)4(7)8;/h1H,2-6H2;1-2H,(H,5,6)(H,7,8);/q-1;;+1. The number of hydrogen-bond donors (Lipinski definition) is 2. The number of epoxide rings is 1. The molecule has 2 unspecified atom stereocenters. The number of hydrogen-bond acceptors (Lipinski definition) is 3. The fourth-order valence-corrected chi connectivity index (χ4v) is 1.39. The van der Waals surface area contributed by atoms with Crippen molar-refractivity contribution in [3.63, 3.8) is 0 Å². The number of carboxylic acid groups (broad SMARTS) is 2. The van der Waals surface area contributed by atoms with Crippen LogP contribution in [0.3, 0.4) is 0 Å². The van der Waals surface area contributed by atoms with Crippen LogP contribution in [-0.2, 0) is 14.3 Å². The monoisotopic (exact) mass is 254 g/mol. The van der Waals surface area contributed by atoms with Crippen LogP contribution >= 0.6 is 0 Å². The third-order valence-corrected chi connectivity index (χ3v) is 2.29. The molecule has 2 fully saturated rings. The predicted octanol–water partition coefficient (Wildman–Crippen LogP) is -1.92. The molecule has 0 bridgehead atoms. The molecule has 6 heteroatoms. The Labute approximate surface area is 137 Å². The molecule has 0 aromatic carbocycles. The van der Waals surface area contributed by atoms with E-state index in [-0.39, 0.29) is 51.4 Å². The summed E-state index contributed by atoms with van der Waals surface area (Å²) in [5, 5.41) is 16.2. The summed E-state index contributed by atoms with van der Waals surface area (Å²) in [6.45, 7) is 0. The van der Waals surface area contributed by atoms with Gasteiger partial charge in [0, 0.05) is 0 Å². The summed E-state index contributed by atoms with van der Waals surface area (Å²) < 4.78 is 4.24. The molecule has 1 aliphatic carbocycles. The van der Waals surface area contributed by atoms with E-state index >= 15 is 0 Å². The zero-order valence-corrected chi connectivity index (χ0v) is 12.5. The van der Waals surface area contributed by atoms with Crippen molar-refractivity contribution in [1.82, 2.24) is 0 Å². The molecule has 5 nitrogen and oxygen atoms in total. The zero-order chi connectivity index (χ0) is 11.3. The first kappa shape index (κ1) is 16.5. The van der Waals surface area contributed by atoms with E-state index in [1.807, 2.05) is 0 Å². The van der Waals surface area contributed by atoms with Crippen molar-refractivity contribution >= 4 is 11.9 Å². The summed E-state index contributed by atoms with van der Waals surface area (Å²) >= 11 is 0. The summed E-state index contributed by atoms with van der Waals surface area (Å²) in [5.41, 5.74) is 0. The normalized spacial score (nSPS) is 26.8. The van der Waals surface area contributed by atoms with Gasteiger partial charge in [-0.1, -0.05) is 19.3 Å². The summed E-state index contributed by atoms with van der Waals surface area (Å²) in [6, 6.07) is 0. The molecule has 86 valence electrons. The van der Waals surface area contributed by atoms with Crippen molar-refractivity contribution in [3.05, 3.63) is 6.42 Å². The molecule has 2 rings (SSSR count). The van der Waals surface area contributed by atoms with Crippen molar-refractivity contribution in [1.29, 1.82) is 0 Å². The van der Waals surface area contributed by atoms with Crippen molar-refractivity contribution < 1.29 is 75.9 Å². The molecule has 0 aromatic rings. The number of ether oxygens (including phenoxy) is 1. The van der Waals surface area contributed by atoms with Gasteiger partial charge in [0.25, 0.3) is 0 Å². The van der Waals surface area contributed by atoms with Gasteiger partial charge in [-0.2, -0.15) is 12.8 Å². The quantitative estimate of drug-likeness (QED) is 0.341. The SMILES string of the molecule is O=C(O)C1OC1C(=O)O.[CH-]1CCCCC1.[K+]. The van der Waals surface area contributed by atoms with Gasteiger partial charge in [-0.25, -0.2) is 9.59 Å². The van der Waals surface area contributed by atoms with Crippen LogP contribution in [0.2, 0.25) is 0 Å². The number of carboxylic acids is 2. The smallest absolute Gasteiger partial charge is 0.479 e. The summed E-state index contributed by atoms with van der Waals surface area (Å²) in [5.74, 6) is -2.44. The minimum Gasteiger partial charge on any atom is -0.479 e. The van der Waals surface area contributed by atoms with E-state index in [9.17, 15) is 9.59 Å². The molecule has 0 radical (unpaired) electrons. The molecule has 16 heavy (non-hydrogen) atoms. The van der Waals surface area contributed by atoms with Crippen molar-refractivity contribution in [3.8, 4) is 0 Å². The van der Waals surface area contributed by atoms with Crippen LogP contribution in [0.4, 0.5) is 0 Å². The molecular formula is C10H15KO5. The third kappa shape index (κ3) is 6.32. The number of rotatable bonds is 2. The van der Waals surface area contributed by atoms with Gasteiger partial charge in [-0.3, -0.25) is 0 Å². The topological polar surface area (TPSA) is 87.1 Å². The van der Waals surface area contributed by atoms with Gasteiger partial charge in [0.15, 0.2) is 12.2 Å². The Morgan fingerprint density at radius 1 is 1.00 bits per heavy atom. The Balaban J connectivity index is 0.000000283. The summed E-state index contributed by atoms with van der Waals surface area (Å²) in [6.07, 6.45) is 7.25. The third-order valence-electron chi connectivity index (χ3n) is 2.29. The van der Waals surface area contributed by atoms with E-state index in [1.165, 1.54) is 32.1 Å². The molecule has 1 saturated carbocycles. The molecule has 0 amide bonds. The van der Waals surface area contributed by atoms with Gasteiger partial charge in [0.1, 0.15) is 0 Å². The molecule has 1 aliphatic heterocycles. The van der Waals surface area contributed by atoms with E-state index in [4.69, 9.17) is 10.2 Å². The van der Waals surface area contributed by atoms with E-state index in [1.54, 1.807) is 0 Å². The Bertz CT molecular complexity index is 210. The largest absolute Gasteiger partial charge is 1.00 e. The molecule has 0 aromatic heterocycles. The van der Waals surface area contributed by atoms with Crippen molar-refractivity contribution in [2.24, 2.45) is 0 Å². The predicted molar refractivity (Wildman–Crippen MR) is 51.3 cm³/mol. The number of carbonyl (C=O) groups is 2. The fraction of sp³-hybridized carbons (Fsp3) is 0.700. The summed E-state index contributed by atoms with van der Waals surface area (Å²) in [4.78, 5) is 19.8.